The van der Waals surface area contributed by atoms with Crippen LogP contribution in [0.5, 0.6) is 0 Å². The van der Waals surface area contributed by atoms with Gasteiger partial charge in [-0.05, 0) is 44.5 Å². The monoisotopic (exact) mass is 252 g/mol. The van der Waals surface area contributed by atoms with Gasteiger partial charge in [0.2, 0.25) is 0 Å². The Balaban J connectivity index is 1.97. The number of benzene rings is 1. The number of hydrogen-bond acceptors (Lipinski definition) is 2. The van der Waals surface area contributed by atoms with Crippen LogP contribution in [0.2, 0.25) is 5.02 Å². The number of halogens is 1. The highest BCUT2D eigenvalue weighted by atomic mass is 35.5. The van der Waals surface area contributed by atoms with Gasteiger partial charge >= 0.3 is 0 Å². The second-order valence-corrected chi connectivity index (χ2v) is 5.00. The first-order valence-electron chi connectivity index (χ1n) is 5.95. The molecule has 0 bridgehead atoms. The van der Waals surface area contributed by atoms with Crippen molar-refractivity contribution < 1.29 is 4.79 Å². The molecule has 0 spiro atoms. The summed E-state index contributed by atoms with van der Waals surface area (Å²) in [6.45, 7) is 3.10. The lowest BCUT2D eigenvalue weighted by Crippen LogP contribution is -2.46. The number of nitrogens with one attached hydrogen (secondary N) is 2. The second-order valence-electron chi connectivity index (χ2n) is 4.56. The summed E-state index contributed by atoms with van der Waals surface area (Å²) in [5.41, 5.74) is 0.628. The van der Waals surface area contributed by atoms with Crippen LogP contribution in [-0.2, 0) is 0 Å². The number of rotatable bonds is 2. The quantitative estimate of drug-likeness (QED) is 0.847. The molecule has 1 aliphatic heterocycles. The van der Waals surface area contributed by atoms with Crippen molar-refractivity contribution in [3.8, 4) is 0 Å². The highest BCUT2D eigenvalue weighted by molar-refractivity contribution is 6.30. The largest absolute Gasteiger partial charge is 0.349 e. The van der Waals surface area contributed by atoms with Crippen LogP contribution in [0.3, 0.4) is 0 Å². The molecule has 2 rings (SSSR count). The highest BCUT2D eigenvalue weighted by Crippen LogP contribution is 2.12. The molecule has 0 radical (unpaired) electrons. The van der Waals surface area contributed by atoms with Crippen LogP contribution < -0.4 is 10.6 Å². The second kappa shape index (κ2) is 5.52. The van der Waals surface area contributed by atoms with Crippen LogP contribution >= 0.6 is 11.6 Å². The fraction of sp³-hybridized carbons (Fsp3) is 0.462. The summed E-state index contributed by atoms with van der Waals surface area (Å²) in [5.74, 6) is -0.0356. The molecule has 0 aromatic heterocycles. The summed E-state index contributed by atoms with van der Waals surface area (Å²) < 4.78 is 0. The zero-order chi connectivity index (χ0) is 12.3. The van der Waals surface area contributed by atoms with Gasteiger partial charge in [-0.2, -0.15) is 0 Å². The maximum absolute atomic E-state index is 12.0. The van der Waals surface area contributed by atoms with E-state index in [1.165, 1.54) is 0 Å². The van der Waals surface area contributed by atoms with E-state index < -0.39 is 0 Å². The molecule has 0 aliphatic carbocycles. The number of carbonyl (C=O) groups is 1. The fourth-order valence-corrected chi connectivity index (χ4v) is 2.35. The first-order valence-corrected chi connectivity index (χ1v) is 6.33. The number of piperidine rings is 1. The third kappa shape index (κ3) is 3.45. The Morgan fingerprint density at radius 2 is 2.35 bits per heavy atom. The van der Waals surface area contributed by atoms with Crippen LogP contribution in [0.1, 0.15) is 30.1 Å². The van der Waals surface area contributed by atoms with Gasteiger partial charge in [0.1, 0.15) is 0 Å². The van der Waals surface area contributed by atoms with Crippen LogP contribution in [0.4, 0.5) is 0 Å². The molecule has 4 heteroatoms. The maximum atomic E-state index is 12.0. The zero-order valence-electron chi connectivity index (χ0n) is 9.87. The summed E-state index contributed by atoms with van der Waals surface area (Å²) in [5, 5.41) is 7.01. The summed E-state index contributed by atoms with van der Waals surface area (Å²) in [4.78, 5) is 12.0. The third-order valence-corrected chi connectivity index (χ3v) is 3.28. The van der Waals surface area contributed by atoms with E-state index in [9.17, 15) is 4.79 Å². The Morgan fingerprint density at radius 3 is 3.06 bits per heavy atom. The van der Waals surface area contributed by atoms with E-state index in [1.807, 2.05) is 0 Å². The van der Waals surface area contributed by atoms with Crippen LogP contribution in [-0.4, -0.2) is 24.5 Å². The molecule has 2 N–H and O–H groups in total. The first-order chi connectivity index (χ1) is 8.15. The van der Waals surface area contributed by atoms with Crippen LogP contribution in [0.15, 0.2) is 24.3 Å². The van der Waals surface area contributed by atoms with Gasteiger partial charge in [0.15, 0.2) is 0 Å². The van der Waals surface area contributed by atoms with Crippen molar-refractivity contribution in [2.75, 3.05) is 6.54 Å². The lowest BCUT2D eigenvalue weighted by atomic mass is 10.0. The molecule has 1 amide bonds. The molecule has 0 saturated carbocycles. The maximum Gasteiger partial charge on any atom is 0.251 e. The molecule has 2 atom stereocenters. The molecule has 92 valence electrons. The molecular weight excluding hydrogens is 236 g/mol. The van der Waals surface area contributed by atoms with Gasteiger partial charge in [0, 0.05) is 22.7 Å². The predicted octanol–water partition coefficient (Wildman–Crippen LogP) is 2.21. The van der Waals surface area contributed by atoms with E-state index in [0.29, 0.717) is 16.6 Å². The van der Waals surface area contributed by atoms with E-state index in [2.05, 4.69) is 17.6 Å². The minimum Gasteiger partial charge on any atom is -0.349 e. The summed E-state index contributed by atoms with van der Waals surface area (Å²) in [6, 6.07) is 7.77. The van der Waals surface area contributed by atoms with E-state index in [4.69, 9.17) is 11.6 Å². The summed E-state index contributed by atoms with van der Waals surface area (Å²) >= 11 is 5.86. The number of carbonyl (C=O) groups excluding carboxylic acids is 1. The normalized spacial score (nSPS) is 24.4. The van der Waals surface area contributed by atoms with E-state index in [0.717, 1.165) is 19.4 Å². The lowest BCUT2D eigenvalue weighted by molar-refractivity contribution is 0.0925. The van der Waals surface area contributed by atoms with Gasteiger partial charge in [0.05, 0.1) is 0 Å². The zero-order valence-corrected chi connectivity index (χ0v) is 10.6. The average Bonchev–Trinajstić information content (AvgIpc) is 2.29. The Morgan fingerprint density at radius 1 is 1.53 bits per heavy atom. The molecule has 1 fully saturated rings. The van der Waals surface area contributed by atoms with Crippen molar-refractivity contribution >= 4 is 17.5 Å². The Kier molecular flexibility index (Phi) is 4.02. The molecule has 1 heterocycles. The topological polar surface area (TPSA) is 41.1 Å². The van der Waals surface area contributed by atoms with Gasteiger partial charge in [-0.1, -0.05) is 17.7 Å². The minimum absolute atomic E-state index is 0.0356. The highest BCUT2D eigenvalue weighted by Gasteiger charge is 2.20. The predicted molar refractivity (Wildman–Crippen MR) is 69.4 cm³/mol. The fourth-order valence-electron chi connectivity index (χ4n) is 2.16. The van der Waals surface area contributed by atoms with Crippen LogP contribution in [0, 0.1) is 0 Å². The SMILES string of the molecule is CC1CC(NC(=O)c2cccc(Cl)c2)CCN1. The van der Waals surface area contributed by atoms with E-state index >= 15 is 0 Å². The van der Waals surface area contributed by atoms with Crippen molar-refractivity contribution in [1.29, 1.82) is 0 Å². The molecule has 1 aromatic rings. The number of hydrogen-bond donors (Lipinski definition) is 2. The molecule has 17 heavy (non-hydrogen) atoms. The molecule has 3 nitrogen and oxygen atoms in total. The molecular formula is C13H17ClN2O. The molecule has 2 unspecified atom stereocenters. The van der Waals surface area contributed by atoms with E-state index in [1.54, 1.807) is 24.3 Å². The molecule has 1 aliphatic rings. The van der Waals surface area contributed by atoms with Gasteiger partial charge < -0.3 is 10.6 Å². The standard InChI is InChI=1S/C13H17ClN2O/c1-9-7-12(5-6-15-9)16-13(17)10-3-2-4-11(14)8-10/h2-4,8-9,12,15H,5-7H2,1H3,(H,16,17). The third-order valence-electron chi connectivity index (χ3n) is 3.05. The average molecular weight is 253 g/mol. The van der Waals surface area contributed by atoms with Gasteiger partial charge in [-0.3, -0.25) is 4.79 Å². The van der Waals surface area contributed by atoms with Crippen molar-refractivity contribution in [3.63, 3.8) is 0 Å². The molecule has 1 saturated heterocycles. The Labute approximate surface area is 107 Å². The minimum atomic E-state index is -0.0356. The Bertz CT molecular complexity index is 408. The number of amides is 1. The first kappa shape index (κ1) is 12.4. The van der Waals surface area contributed by atoms with Crippen molar-refractivity contribution in [2.45, 2.75) is 31.8 Å². The smallest absolute Gasteiger partial charge is 0.251 e. The van der Waals surface area contributed by atoms with Crippen molar-refractivity contribution in [1.82, 2.24) is 10.6 Å². The lowest BCUT2D eigenvalue weighted by Gasteiger charge is -2.28. The molecule has 1 aromatic carbocycles. The van der Waals surface area contributed by atoms with Crippen LogP contribution in [0.25, 0.3) is 0 Å². The summed E-state index contributed by atoms with van der Waals surface area (Å²) in [7, 11) is 0. The Hall–Kier alpha value is -1.06. The van der Waals surface area contributed by atoms with E-state index in [-0.39, 0.29) is 11.9 Å². The van der Waals surface area contributed by atoms with Crippen molar-refractivity contribution in [3.05, 3.63) is 34.9 Å². The summed E-state index contributed by atoms with van der Waals surface area (Å²) in [6.07, 6.45) is 1.96. The van der Waals surface area contributed by atoms with Gasteiger partial charge in [-0.25, -0.2) is 0 Å². The van der Waals surface area contributed by atoms with Crippen molar-refractivity contribution in [2.24, 2.45) is 0 Å². The van der Waals surface area contributed by atoms with Gasteiger partial charge in [-0.15, -0.1) is 0 Å². The van der Waals surface area contributed by atoms with Gasteiger partial charge in [0.25, 0.3) is 5.91 Å².